The number of nitrogens with one attached hydrogen (secondary N) is 2. The molecule has 0 radical (unpaired) electrons. The number of amides is 2. The molecular weight excluding hydrogens is 346 g/mol. The zero-order valence-corrected chi connectivity index (χ0v) is 15.9. The first-order valence-corrected chi connectivity index (χ1v) is 8.85. The summed E-state index contributed by atoms with van der Waals surface area (Å²) in [5, 5.41) is 5.28. The third kappa shape index (κ3) is 6.97. The number of carbonyl (C=O) groups is 2. The predicted molar refractivity (Wildman–Crippen MR) is 102 cm³/mol. The van der Waals surface area contributed by atoms with E-state index in [4.69, 9.17) is 9.47 Å². The molecule has 27 heavy (non-hydrogen) atoms. The SMILES string of the molecule is CCOC(=O)NCCC(=O)NCc1ccc(Oc2cc(C)ccc2C)nc1. The lowest BCUT2D eigenvalue weighted by atomic mass is 10.1. The van der Waals surface area contributed by atoms with Crippen LogP contribution in [0.5, 0.6) is 11.6 Å². The number of carbonyl (C=O) groups excluding carboxylic acids is 2. The van der Waals surface area contributed by atoms with Crippen molar-refractivity contribution in [3.63, 3.8) is 0 Å². The number of hydrogen-bond acceptors (Lipinski definition) is 5. The van der Waals surface area contributed by atoms with E-state index in [1.807, 2.05) is 38.1 Å². The van der Waals surface area contributed by atoms with Gasteiger partial charge in [0.2, 0.25) is 11.8 Å². The number of ether oxygens (including phenoxy) is 2. The van der Waals surface area contributed by atoms with Crippen LogP contribution in [0.3, 0.4) is 0 Å². The summed E-state index contributed by atoms with van der Waals surface area (Å²) < 4.78 is 10.5. The number of benzene rings is 1. The van der Waals surface area contributed by atoms with Crippen molar-refractivity contribution in [2.45, 2.75) is 33.7 Å². The third-order valence-corrected chi connectivity index (χ3v) is 3.74. The molecule has 0 spiro atoms. The Kier molecular flexibility index (Phi) is 7.61. The molecule has 144 valence electrons. The molecule has 0 unspecified atom stereocenters. The molecule has 7 nitrogen and oxygen atoms in total. The van der Waals surface area contributed by atoms with Crippen molar-refractivity contribution in [3.8, 4) is 11.6 Å². The van der Waals surface area contributed by atoms with Crippen molar-refractivity contribution in [3.05, 3.63) is 53.2 Å². The molecule has 2 amide bonds. The van der Waals surface area contributed by atoms with Crippen LogP contribution in [0.1, 0.15) is 30.0 Å². The monoisotopic (exact) mass is 371 g/mol. The quantitative estimate of drug-likeness (QED) is 0.743. The summed E-state index contributed by atoms with van der Waals surface area (Å²) in [7, 11) is 0. The Hall–Kier alpha value is -3.09. The van der Waals surface area contributed by atoms with Crippen LogP contribution in [0.15, 0.2) is 36.5 Å². The van der Waals surface area contributed by atoms with Crippen LogP contribution in [-0.4, -0.2) is 30.1 Å². The molecule has 1 aromatic carbocycles. The van der Waals surface area contributed by atoms with E-state index in [0.717, 1.165) is 22.4 Å². The van der Waals surface area contributed by atoms with Crippen molar-refractivity contribution in [2.75, 3.05) is 13.2 Å². The van der Waals surface area contributed by atoms with E-state index in [1.54, 1.807) is 19.2 Å². The molecule has 0 saturated heterocycles. The fourth-order valence-electron chi connectivity index (χ4n) is 2.26. The summed E-state index contributed by atoms with van der Waals surface area (Å²) in [5.41, 5.74) is 3.01. The minimum absolute atomic E-state index is 0.164. The Morgan fingerprint density at radius 3 is 2.63 bits per heavy atom. The normalized spacial score (nSPS) is 10.2. The summed E-state index contributed by atoms with van der Waals surface area (Å²) in [6, 6.07) is 9.63. The van der Waals surface area contributed by atoms with Gasteiger partial charge in [-0.2, -0.15) is 0 Å². The van der Waals surface area contributed by atoms with E-state index >= 15 is 0 Å². The molecule has 7 heteroatoms. The summed E-state index contributed by atoms with van der Waals surface area (Å²) in [4.78, 5) is 27.2. The minimum atomic E-state index is -0.520. The van der Waals surface area contributed by atoms with Crippen LogP contribution in [0.4, 0.5) is 4.79 Å². The van der Waals surface area contributed by atoms with Crippen molar-refractivity contribution in [1.29, 1.82) is 0 Å². The molecule has 0 aliphatic heterocycles. The van der Waals surface area contributed by atoms with Crippen LogP contribution >= 0.6 is 0 Å². The zero-order chi connectivity index (χ0) is 19.6. The minimum Gasteiger partial charge on any atom is -0.450 e. The number of rotatable bonds is 8. The Labute approximate surface area is 159 Å². The number of nitrogens with zero attached hydrogens (tertiary/aromatic N) is 1. The fraction of sp³-hybridized carbons (Fsp3) is 0.350. The van der Waals surface area contributed by atoms with E-state index in [1.165, 1.54) is 0 Å². The Morgan fingerprint density at radius 1 is 1.11 bits per heavy atom. The van der Waals surface area contributed by atoms with Crippen LogP contribution in [0.25, 0.3) is 0 Å². The molecule has 2 aromatic rings. The van der Waals surface area contributed by atoms with Crippen LogP contribution in [0.2, 0.25) is 0 Å². The molecule has 0 atom stereocenters. The summed E-state index contributed by atoms with van der Waals surface area (Å²) in [5.74, 6) is 1.11. The first-order chi connectivity index (χ1) is 13.0. The van der Waals surface area contributed by atoms with Crippen molar-refractivity contribution in [1.82, 2.24) is 15.6 Å². The van der Waals surface area contributed by atoms with E-state index in [-0.39, 0.29) is 18.9 Å². The molecule has 0 fully saturated rings. The van der Waals surface area contributed by atoms with Gasteiger partial charge >= 0.3 is 6.09 Å². The molecule has 0 saturated carbocycles. The molecule has 1 heterocycles. The molecule has 2 rings (SSSR count). The van der Waals surface area contributed by atoms with Crippen LogP contribution < -0.4 is 15.4 Å². The molecule has 0 aliphatic carbocycles. The fourth-order valence-corrected chi connectivity index (χ4v) is 2.26. The topological polar surface area (TPSA) is 89.5 Å². The smallest absolute Gasteiger partial charge is 0.407 e. The Bertz CT molecular complexity index is 775. The van der Waals surface area contributed by atoms with Gasteiger partial charge in [-0.05, 0) is 43.5 Å². The van der Waals surface area contributed by atoms with Gasteiger partial charge in [-0.25, -0.2) is 9.78 Å². The second kappa shape index (κ2) is 10.2. The largest absolute Gasteiger partial charge is 0.450 e. The molecule has 0 aliphatic rings. The Balaban J connectivity index is 1.77. The highest BCUT2D eigenvalue weighted by Gasteiger charge is 2.06. The summed E-state index contributed by atoms with van der Waals surface area (Å²) in [6.07, 6.45) is 1.33. The lowest BCUT2D eigenvalue weighted by Gasteiger charge is -2.10. The van der Waals surface area contributed by atoms with Gasteiger partial charge in [0, 0.05) is 31.8 Å². The predicted octanol–water partition coefficient (Wildman–Crippen LogP) is 3.24. The van der Waals surface area contributed by atoms with E-state index < -0.39 is 6.09 Å². The maximum Gasteiger partial charge on any atom is 0.407 e. The molecule has 1 aromatic heterocycles. The lowest BCUT2D eigenvalue weighted by molar-refractivity contribution is -0.121. The number of hydrogen-bond donors (Lipinski definition) is 2. The first-order valence-electron chi connectivity index (χ1n) is 8.85. The molecular formula is C20H25N3O4. The van der Waals surface area contributed by atoms with Gasteiger partial charge in [0.05, 0.1) is 6.61 Å². The maximum atomic E-state index is 11.8. The summed E-state index contributed by atoms with van der Waals surface area (Å²) >= 11 is 0. The van der Waals surface area contributed by atoms with Gasteiger partial charge in [-0.15, -0.1) is 0 Å². The van der Waals surface area contributed by atoms with Crippen LogP contribution in [-0.2, 0) is 16.1 Å². The van der Waals surface area contributed by atoms with Gasteiger partial charge < -0.3 is 20.1 Å². The first kappa shape index (κ1) is 20.2. The highest BCUT2D eigenvalue weighted by molar-refractivity contribution is 5.76. The van der Waals surface area contributed by atoms with Crippen molar-refractivity contribution in [2.24, 2.45) is 0 Å². The number of aromatic nitrogens is 1. The van der Waals surface area contributed by atoms with E-state index in [9.17, 15) is 9.59 Å². The van der Waals surface area contributed by atoms with Gasteiger partial charge in [-0.1, -0.05) is 18.2 Å². The lowest BCUT2D eigenvalue weighted by Crippen LogP contribution is -2.30. The number of aryl methyl sites for hydroxylation is 2. The van der Waals surface area contributed by atoms with Crippen molar-refractivity contribution < 1.29 is 19.1 Å². The zero-order valence-electron chi connectivity index (χ0n) is 15.9. The molecule has 0 bridgehead atoms. The van der Waals surface area contributed by atoms with Gasteiger partial charge in [0.25, 0.3) is 0 Å². The van der Waals surface area contributed by atoms with Gasteiger partial charge in [0.15, 0.2) is 0 Å². The number of alkyl carbamates (subject to hydrolysis) is 1. The third-order valence-electron chi connectivity index (χ3n) is 3.74. The second-order valence-electron chi connectivity index (χ2n) is 6.05. The highest BCUT2D eigenvalue weighted by Crippen LogP contribution is 2.24. The van der Waals surface area contributed by atoms with Crippen molar-refractivity contribution >= 4 is 12.0 Å². The van der Waals surface area contributed by atoms with Gasteiger partial charge in [0.1, 0.15) is 5.75 Å². The van der Waals surface area contributed by atoms with E-state index in [2.05, 4.69) is 15.6 Å². The second-order valence-corrected chi connectivity index (χ2v) is 6.05. The van der Waals surface area contributed by atoms with Gasteiger partial charge in [-0.3, -0.25) is 4.79 Å². The summed E-state index contributed by atoms with van der Waals surface area (Å²) in [6.45, 7) is 6.59. The van der Waals surface area contributed by atoms with E-state index in [0.29, 0.717) is 19.0 Å². The average Bonchev–Trinajstić information content (AvgIpc) is 2.64. The average molecular weight is 371 g/mol. The molecule has 2 N–H and O–H groups in total. The standard InChI is InChI=1S/C20H25N3O4/c1-4-26-20(25)21-10-9-18(24)22-12-16-7-8-19(23-13-16)27-17-11-14(2)5-6-15(17)3/h5-8,11,13H,4,9-10,12H2,1-3H3,(H,21,25)(H,22,24). The Morgan fingerprint density at radius 2 is 1.93 bits per heavy atom. The maximum absolute atomic E-state index is 11.8. The highest BCUT2D eigenvalue weighted by atomic mass is 16.5. The number of pyridine rings is 1. The van der Waals surface area contributed by atoms with Crippen LogP contribution in [0, 0.1) is 13.8 Å².